The number of hydrogen-bond acceptors (Lipinski definition) is 4. The van der Waals surface area contributed by atoms with Crippen LogP contribution in [0.5, 0.6) is 0 Å². The monoisotopic (exact) mass is 471 g/mol. The first-order valence-electron chi connectivity index (χ1n) is 11.3. The normalized spacial score (nSPS) is 16.9. The molecule has 0 unspecified atom stereocenters. The maximum atomic E-state index is 13.6. The fourth-order valence-corrected chi connectivity index (χ4v) is 6.75. The van der Waals surface area contributed by atoms with Crippen molar-refractivity contribution in [1.29, 1.82) is 0 Å². The lowest BCUT2D eigenvalue weighted by Gasteiger charge is -2.35. The van der Waals surface area contributed by atoms with Crippen molar-refractivity contribution in [3.05, 3.63) is 58.7 Å². The van der Waals surface area contributed by atoms with E-state index in [0.717, 1.165) is 41.5 Å². The summed E-state index contributed by atoms with van der Waals surface area (Å²) in [5.74, 6) is -1.47. The summed E-state index contributed by atoms with van der Waals surface area (Å²) in [6, 6.07) is 10.8. The third-order valence-electron chi connectivity index (χ3n) is 5.99. The quantitative estimate of drug-likeness (QED) is 0.629. The highest BCUT2D eigenvalue weighted by molar-refractivity contribution is 7.89. The van der Waals surface area contributed by atoms with Crippen LogP contribution in [0.3, 0.4) is 0 Å². The van der Waals surface area contributed by atoms with E-state index in [-0.39, 0.29) is 12.6 Å². The predicted octanol–water partition coefficient (Wildman–Crippen LogP) is 3.61. The van der Waals surface area contributed by atoms with Crippen molar-refractivity contribution < 1.29 is 18.0 Å². The molecular formula is C25H33N3O4S. The smallest absolute Gasteiger partial charge is 0.313 e. The molecule has 3 rings (SSSR count). The Morgan fingerprint density at radius 2 is 1.67 bits per heavy atom. The summed E-state index contributed by atoms with van der Waals surface area (Å²) in [6.07, 6.45) is 2.93. The first kappa shape index (κ1) is 24.9. The van der Waals surface area contributed by atoms with Crippen LogP contribution in [0, 0.1) is 27.7 Å². The summed E-state index contributed by atoms with van der Waals surface area (Å²) in [5.41, 5.74) is 4.07. The van der Waals surface area contributed by atoms with Gasteiger partial charge in [-0.1, -0.05) is 36.2 Å². The summed E-state index contributed by atoms with van der Waals surface area (Å²) >= 11 is 0. The highest BCUT2D eigenvalue weighted by atomic mass is 32.2. The van der Waals surface area contributed by atoms with E-state index in [0.29, 0.717) is 23.5 Å². The van der Waals surface area contributed by atoms with Crippen LogP contribution in [-0.2, 0) is 19.6 Å². The van der Waals surface area contributed by atoms with Crippen molar-refractivity contribution in [3.63, 3.8) is 0 Å². The zero-order chi connectivity index (χ0) is 24.2. The van der Waals surface area contributed by atoms with Crippen LogP contribution < -0.4 is 10.6 Å². The highest BCUT2D eigenvalue weighted by Gasteiger charge is 2.35. The van der Waals surface area contributed by atoms with Crippen LogP contribution in [-0.4, -0.2) is 43.7 Å². The van der Waals surface area contributed by atoms with Crippen molar-refractivity contribution in [1.82, 2.24) is 9.62 Å². The highest BCUT2D eigenvalue weighted by Crippen LogP contribution is 2.31. The lowest BCUT2D eigenvalue weighted by atomic mass is 10.0. The summed E-state index contributed by atoms with van der Waals surface area (Å²) in [5, 5.41) is 5.22. The maximum absolute atomic E-state index is 13.6. The Balaban J connectivity index is 1.64. The molecule has 2 amide bonds. The third kappa shape index (κ3) is 6.00. The summed E-state index contributed by atoms with van der Waals surface area (Å²) < 4.78 is 28.7. The molecule has 1 aliphatic heterocycles. The van der Waals surface area contributed by atoms with Crippen LogP contribution in [0.1, 0.15) is 47.9 Å². The molecule has 0 radical (unpaired) electrons. The molecule has 0 aliphatic carbocycles. The molecule has 0 aromatic heterocycles. The van der Waals surface area contributed by atoms with Gasteiger partial charge < -0.3 is 10.6 Å². The fourth-order valence-electron chi connectivity index (χ4n) is 4.61. The van der Waals surface area contributed by atoms with Gasteiger partial charge in [-0.2, -0.15) is 4.31 Å². The Hall–Kier alpha value is -2.71. The van der Waals surface area contributed by atoms with Crippen molar-refractivity contribution in [2.45, 2.75) is 64.3 Å². The molecule has 1 fully saturated rings. The Morgan fingerprint density at radius 3 is 2.33 bits per heavy atom. The summed E-state index contributed by atoms with van der Waals surface area (Å²) in [4.78, 5) is 24.8. The number of carbonyl (C=O) groups excluding carboxylic acids is 2. The van der Waals surface area contributed by atoms with Crippen LogP contribution in [0.2, 0.25) is 0 Å². The second kappa shape index (κ2) is 10.5. The number of carbonyl (C=O) groups is 2. The average Bonchev–Trinajstić information content (AvgIpc) is 2.73. The van der Waals surface area contributed by atoms with Crippen LogP contribution in [0.4, 0.5) is 5.69 Å². The first-order valence-corrected chi connectivity index (χ1v) is 12.8. The molecule has 1 atom stereocenters. The number of aryl methyl sites for hydroxylation is 4. The van der Waals surface area contributed by atoms with Gasteiger partial charge in [-0.25, -0.2) is 8.42 Å². The standard InChI is InChI=1S/C25H33N3O4S/c1-17-8-7-9-21(16-17)27-25(30)24(29)26-12-11-22-10-5-6-13-28(22)33(31,32)23-19(3)14-18(2)15-20(23)4/h7-9,14-16,22H,5-6,10-13H2,1-4H3,(H,26,29)(H,27,30)/t22-/m1/s1. The minimum absolute atomic E-state index is 0.219. The number of nitrogens with one attached hydrogen (secondary N) is 2. The molecular weight excluding hydrogens is 438 g/mol. The van der Waals surface area contributed by atoms with E-state index in [1.54, 1.807) is 22.5 Å². The molecule has 2 N–H and O–H groups in total. The lowest BCUT2D eigenvalue weighted by Crippen LogP contribution is -2.46. The van der Waals surface area contributed by atoms with Crippen molar-refractivity contribution in [2.24, 2.45) is 0 Å². The number of anilines is 1. The van der Waals surface area contributed by atoms with E-state index in [4.69, 9.17) is 0 Å². The Kier molecular flexibility index (Phi) is 7.92. The van der Waals surface area contributed by atoms with Gasteiger partial charge in [0.1, 0.15) is 0 Å². The van der Waals surface area contributed by atoms with E-state index in [1.807, 2.05) is 45.9 Å². The van der Waals surface area contributed by atoms with Crippen molar-refractivity contribution >= 4 is 27.5 Å². The van der Waals surface area contributed by atoms with Gasteiger partial charge in [0.2, 0.25) is 10.0 Å². The van der Waals surface area contributed by atoms with Crippen molar-refractivity contribution in [2.75, 3.05) is 18.4 Å². The number of nitrogens with zero attached hydrogens (tertiary/aromatic N) is 1. The van der Waals surface area contributed by atoms with Gasteiger partial charge in [-0.3, -0.25) is 9.59 Å². The maximum Gasteiger partial charge on any atom is 0.313 e. The van der Waals surface area contributed by atoms with E-state index in [1.165, 1.54) is 0 Å². The lowest BCUT2D eigenvalue weighted by molar-refractivity contribution is -0.136. The third-order valence-corrected chi connectivity index (χ3v) is 8.25. The number of amides is 2. The summed E-state index contributed by atoms with van der Waals surface area (Å²) in [6.45, 7) is 8.21. The van der Waals surface area contributed by atoms with Gasteiger partial charge in [-0.15, -0.1) is 0 Å². The molecule has 1 saturated heterocycles. The Morgan fingerprint density at radius 1 is 0.970 bits per heavy atom. The molecule has 1 heterocycles. The van der Waals surface area contributed by atoms with E-state index in [2.05, 4.69) is 10.6 Å². The molecule has 2 aromatic carbocycles. The molecule has 2 aromatic rings. The van der Waals surface area contributed by atoms with E-state index >= 15 is 0 Å². The SMILES string of the molecule is Cc1cccc(NC(=O)C(=O)NCC[C@H]2CCCCN2S(=O)(=O)c2c(C)cc(C)cc2C)c1. The van der Waals surface area contributed by atoms with Crippen molar-refractivity contribution in [3.8, 4) is 0 Å². The van der Waals surface area contributed by atoms with Crippen LogP contribution >= 0.6 is 0 Å². The molecule has 0 spiro atoms. The Bertz CT molecular complexity index is 1120. The number of hydrogen-bond donors (Lipinski definition) is 2. The topological polar surface area (TPSA) is 95.6 Å². The van der Waals surface area contributed by atoms with Gasteiger partial charge in [0.05, 0.1) is 4.90 Å². The average molecular weight is 472 g/mol. The van der Waals surface area contributed by atoms with Gasteiger partial charge in [0.25, 0.3) is 0 Å². The molecule has 33 heavy (non-hydrogen) atoms. The summed E-state index contributed by atoms with van der Waals surface area (Å²) in [7, 11) is -3.66. The number of benzene rings is 2. The molecule has 178 valence electrons. The van der Waals surface area contributed by atoms with E-state index < -0.39 is 21.8 Å². The predicted molar refractivity (Wildman–Crippen MR) is 130 cm³/mol. The second-order valence-corrected chi connectivity index (χ2v) is 10.7. The molecule has 0 saturated carbocycles. The molecule has 1 aliphatic rings. The van der Waals surface area contributed by atoms with E-state index in [9.17, 15) is 18.0 Å². The number of rotatable bonds is 6. The number of piperidine rings is 1. The Labute approximate surface area is 196 Å². The molecule has 8 heteroatoms. The first-order chi connectivity index (χ1) is 15.6. The van der Waals surface area contributed by atoms with Gasteiger partial charge >= 0.3 is 11.8 Å². The minimum atomic E-state index is -3.66. The van der Waals surface area contributed by atoms with Crippen LogP contribution in [0.15, 0.2) is 41.3 Å². The van der Waals surface area contributed by atoms with Crippen LogP contribution in [0.25, 0.3) is 0 Å². The zero-order valence-electron chi connectivity index (χ0n) is 19.8. The van der Waals surface area contributed by atoms with Gasteiger partial charge in [0.15, 0.2) is 0 Å². The second-order valence-electron chi connectivity index (χ2n) is 8.86. The largest absolute Gasteiger partial charge is 0.348 e. The minimum Gasteiger partial charge on any atom is -0.348 e. The van der Waals surface area contributed by atoms with Gasteiger partial charge in [0, 0.05) is 24.8 Å². The van der Waals surface area contributed by atoms with Gasteiger partial charge in [-0.05, 0) is 75.8 Å². The zero-order valence-corrected chi connectivity index (χ0v) is 20.6. The fraction of sp³-hybridized carbons (Fsp3) is 0.440. The molecule has 7 nitrogen and oxygen atoms in total. The number of sulfonamides is 1. The molecule has 0 bridgehead atoms.